The van der Waals surface area contributed by atoms with Crippen LogP contribution < -0.4 is 0 Å². The highest BCUT2D eigenvalue weighted by Crippen LogP contribution is 2.60. The van der Waals surface area contributed by atoms with Crippen molar-refractivity contribution in [2.45, 2.75) is 19.5 Å². The molecule has 2 bridgehead atoms. The Morgan fingerprint density at radius 2 is 2.28 bits per heavy atom. The van der Waals surface area contributed by atoms with Crippen molar-refractivity contribution >= 4 is 30.0 Å². The van der Waals surface area contributed by atoms with E-state index in [-0.39, 0.29) is 11.3 Å². The molecule has 0 aromatic carbocycles. The predicted octanol–water partition coefficient (Wildman–Crippen LogP) is 3.09. The van der Waals surface area contributed by atoms with E-state index >= 15 is 0 Å². The standard InChI is InChI=1S/C14H19BrO2Si/c1-18(2,9-15)17-8-14-6-5-12(16)13(14)10-3-4-11(14)7-10/h3-6,10-11,13H,7-9H2,1-2H3/t10-,11+,13+,14-/m1/s1. The van der Waals surface area contributed by atoms with Crippen LogP contribution in [0, 0.1) is 23.2 Å². The van der Waals surface area contributed by atoms with Gasteiger partial charge in [-0.15, -0.1) is 0 Å². The third-order valence-corrected chi connectivity index (χ3v) is 10.3. The number of alkyl halides is 1. The largest absolute Gasteiger partial charge is 0.416 e. The first-order chi connectivity index (χ1) is 8.48. The van der Waals surface area contributed by atoms with Crippen molar-refractivity contribution in [3.63, 3.8) is 0 Å². The number of fused-ring (bicyclic) bond motifs is 5. The van der Waals surface area contributed by atoms with Crippen LogP contribution in [-0.2, 0) is 9.22 Å². The summed E-state index contributed by atoms with van der Waals surface area (Å²) in [7, 11) is -1.61. The van der Waals surface area contributed by atoms with Crippen LogP contribution in [0.3, 0.4) is 0 Å². The van der Waals surface area contributed by atoms with Crippen molar-refractivity contribution in [2.24, 2.45) is 23.2 Å². The number of rotatable bonds is 4. The summed E-state index contributed by atoms with van der Waals surface area (Å²) in [5.41, 5.74) is -0.0249. The topological polar surface area (TPSA) is 26.3 Å². The summed E-state index contributed by atoms with van der Waals surface area (Å²) in [5, 5.41) is 0. The van der Waals surface area contributed by atoms with Gasteiger partial charge in [-0.05, 0) is 37.4 Å². The summed E-state index contributed by atoms with van der Waals surface area (Å²) in [4.78, 5) is 13.0. The molecule has 0 radical (unpaired) electrons. The Morgan fingerprint density at radius 1 is 1.50 bits per heavy atom. The Balaban J connectivity index is 1.83. The Kier molecular flexibility index (Phi) is 2.96. The average molecular weight is 327 g/mol. The van der Waals surface area contributed by atoms with Crippen LogP contribution in [0.4, 0.5) is 0 Å². The highest BCUT2D eigenvalue weighted by Gasteiger charge is 2.59. The minimum absolute atomic E-state index is 0.0249. The van der Waals surface area contributed by atoms with Crippen LogP contribution in [0.1, 0.15) is 6.42 Å². The van der Waals surface area contributed by atoms with Crippen LogP contribution in [-0.4, -0.2) is 25.7 Å². The van der Waals surface area contributed by atoms with Gasteiger partial charge in [-0.2, -0.15) is 0 Å². The van der Waals surface area contributed by atoms with Gasteiger partial charge in [0, 0.05) is 22.9 Å². The normalized spacial score (nSPS) is 40.8. The zero-order chi connectivity index (χ0) is 13.0. The fourth-order valence-electron chi connectivity index (χ4n) is 3.65. The second kappa shape index (κ2) is 4.15. The van der Waals surface area contributed by atoms with Crippen LogP contribution in [0.2, 0.25) is 13.1 Å². The lowest BCUT2D eigenvalue weighted by Gasteiger charge is -2.37. The quantitative estimate of drug-likeness (QED) is 0.451. The summed E-state index contributed by atoms with van der Waals surface area (Å²) in [6.07, 6.45) is 9.62. The molecule has 2 nitrogen and oxygen atoms in total. The van der Waals surface area contributed by atoms with Gasteiger partial charge >= 0.3 is 0 Å². The maximum Gasteiger partial charge on any atom is 0.197 e. The molecule has 3 rings (SSSR count). The Morgan fingerprint density at radius 3 is 3.00 bits per heavy atom. The second-order valence-electron chi connectivity index (χ2n) is 6.40. The fraction of sp³-hybridized carbons (Fsp3) is 0.643. The molecule has 4 heteroatoms. The SMILES string of the molecule is C[Si](C)(CBr)OC[C@@]12C=CC(=O)[C@@H]1[C@@H]1C=C[C@H]2C1. The van der Waals surface area contributed by atoms with Crippen LogP contribution in [0.5, 0.6) is 0 Å². The second-order valence-corrected chi connectivity index (χ2v) is 12.2. The molecule has 1 fully saturated rings. The highest BCUT2D eigenvalue weighted by molar-refractivity contribution is 9.09. The average Bonchev–Trinajstić information content (AvgIpc) is 3.00. The van der Waals surface area contributed by atoms with E-state index < -0.39 is 8.32 Å². The molecule has 98 valence electrons. The molecule has 0 spiro atoms. The van der Waals surface area contributed by atoms with Gasteiger partial charge in [-0.3, -0.25) is 4.79 Å². The number of halogens is 1. The number of carbonyl (C=O) groups is 1. The van der Waals surface area contributed by atoms with Gasteiger partial charge in [0.25, 0.3) is 0 Å². The molecule has 4 atom stereocenters. The van der Waals surface area contributed by atoms with E-state index in [1.807, 2.05) is 0 Å². The summed E-state index contributed by atoms with van der Waals surface area (Å²) in [5.74, 6) is 1.44. The molecule has 0 aromatic rings. The monoisotopic (exact) mass is 326 g/mol. The van der Waals surface area contributed by atoms with E-state index in [1.54, 1.807) is 6.08 Å². The lowest BCUT2D eigenvalue weighted by atomic mass is 9.71. The zero-order valence-corrected chi connectivity index (χ0v) is 13.4. The van der Waals surface area contributed by atoms with Gasteiger partial charge in [0.05, 0.1) is 0 Å². The van der Waals surface area contributed by atoms with Crippen LogP contribution in [0.15, 0.2) is 24.3 Å². The molecule has 3 aliphatic rings. The molecule has 0 unspecified atom stereocenters. The fourth-order valence-corrected chi connectivity index (χ4v) is 4.85. The molecule has 0 N–H and O–H groups in total. The first-order valence-electron chi connectivity index (χ1n) is 6.60. The molecular weight excluding hydrogens is 308 g/mol. The molecular formula is C14H19BrO2Si. The molecule has 18 heavy (non-hydrogen) atoms. The lowest BCUT2D eigenvalue weighted by Crippen LogP contribution is -2.43. The van der Waals surface area contributed by atoms with Crippen molar-refractivity contribution in [3.05, 3.63) is 24.3 Å². The number of carbonyl (C=O) groups excluding carboxylic acids is 1. The molecule has 1 saturated carbocycles. The van der Waals surface area contributed by atoms with E-state index in [0.29, 0.717) is 17.6 Å². The lowest BCUT2D eigenvalue weighted by molar-refractivity contribution is -0.120. The van der Waals surface area contributed by atoms with Gasteiger partial charge in [0.15, 0.2) is 14.1 Å². The molecule has 0 aliphatic heterocycles. The van der Waals surface area contributed by atoms with E-state index in [9.17, 15) is 4.79 Å². The number of hydrogen-bond donors (Lipinski definition) is 0. The van der Waals surface area contributed by atoms with Gasteiger partial charge < -0.3 is 4.43 Å². The number of allylic oxidation sites excluding steroid dienone is 3. The Bertz CT molecular complexity index is 443. The molecule has 0 heterocycles. The summed E-state index contributed by atoms with van der Waals surface area (Å²) in [6, 6.07) is 0. The van der Waals surface area contributed by atoms with Crippen molar-refractivity contribution in [3.8, 4) is 0 Å². The van der Waals surface area contributed by atoms with Gasteiger partial charge in [0.1, 0.15) is 0 Å². The van der Waals surface area contributed by atoms with Crippen molar-refractivity contribution in [1.29, 1.82) is 0 Å². The third-order valence-electron chi connectivity index (χ3n) is 4.71. The maximum absolute atomic E-state index is 12.1. The Hall–Kier alpha value is -0.193. The minimum Gasteiger partial charge on any atom is -0.416 e. The molecule has 0 aromatic heterocycles. The molecule has 0 amide bonds. The van der Waals surface area contributed by atoms with Gasteiger partial charge in [0.2, 0.25) is 0 Å². The summed E-state index contributed by atoms with van der Waals surface area (Å²) < 4.78 is 6.22. The third kappa shape index (κ3) is 1.73. The molecule has 3 aliphatic carbocycles. The Labute approximate surface area is 118 Å². The van der Waals surface area contributed by atoms with E-state index in [1.165, 1.54) is 0 Å². The van der Waals surface area contributed by atoms with Crippen LogP contribution >= 0.6 is 15.9 Å². The van der Waals surface area contributed by atoms with Crippen molar-refractivity contribution in [1.82, 2.24) is 0 Å². The number of hydrogen-bond acceptors (Lipinski definition) is 2. The van der Waals surface area contributed by atoms with Gasteiger partial charge in [-0.25, -0.2) is 0 Å². The van der Waals surface area contributed by atoms with Crippen molar-refractivity contribution in [2.75, 3.05) is 11.6 Å². The zero-order valence-electron chi connectivity index (χ0n) is 10.9. The highest BCUT2D eigenvalue weighted by atomic mass is 79.9. The van der Waals surface area contributed by atoms with Gasteiger partial charge in [-0.1, -0.05) is 34.2 Å². The first kappa shape index (κ1) is 12.8. The predicted molar refractivity (Wildman–Crippen MR) is 78.0 cm³/mol. The first-order valence-corrected chi connectivity index (χ1v) is 10.8. The minimum atomic E-state index is -1.61. The van der Waals surface area contributed by atoms with E-state index in [4.69, 9.17) is 4.43 Å². The smallest absolute Gasteiger partial charge is 0.197 e. The van der Waals surface area contributed by atoms with Crippen molar-refractivity contribution < 1.29 is 9.22 Å². The number of ketones is 1. The summed E-state index contributed by atoms with van der Waals surface area (Å²) >= 11 is 3.54. The van der Waals surface area contributed by atoms with E-state index in [2.05, 4.69) is 47.3 Å². The van der Waals surface area contributed by atoms with Crippen LogP contribution in [0.25, 0.3) is 0 Å². The molecule has 0 saturated heterocycles. The van der Waals surface area contributed by atoms with E-state index in [0.717, 1.165) is 18.0 Å². The summed E-state index contributed by atoms with van der Waals surface area (Å²) in [6.45, 7) is 5.16. The maximum atomic E-state index is 12.1.